The molecule has 11 heavy (non-hydrogen) atoms. The molecule has 0 unspecified atom stereocenters. The van der Waals surface area contributed by atoms with Gasteiger partial charge in [0.15, 0.2) is 0 Å². The molecule has 62 valence electrons. The Morgan fingerprint density at radius 3 is 2.55 bits per heavy atom. The van der Waals surface area contributed by atoms with Gasteiger partial charge in [0.2, 0.25) is 0 Å². The lowest BCUT2D eigenvalue weighted by Crippen LogP contribution is -2.15. The Bertz CT molecular complexity index is 211. The van der Waals surface area contributed by atoms with Crippen molar-refractivity contribution in [3.63, 3.8) is 0 Å². The number of hydrogen-bond donors (Lipinski definition) is 1. The highest BCUT2D eigenvalue weighted by Gasteiger charge is 2.27. The van der Waals surface area contributed by atoms with Crippen LogP contribution in [0.1, 0.15) is 19.8 Å². The van der Waals surface area contributed by atoms with Gasteiger partial charge >= 0.3 is 0 Å². The van der Waals surface area contributed by atoms with Crippen LogP contribution in [0.25, 0.3) is 0 Å². The largest absolute Gasteiger partial charge is 0.508 e. The number of aliphatic hydroxyl groups excluding tert-OH is 1. The lowest BCUT2D eigenvalue weighted by atomic mass is 9.99. The van der Waals surface area contributed by atoms with Crippen molar-refractivity contribution in [2.45, 2.75) is 25.7 Å². The molecule has 0 saturated carbocycles. The van der Waals surface area contributed by atoms with E-state index in [4.69, 9.17) is 5.11 Å². The third-order valence-electron chi connectivity index (χ3n) is 1.65. The van der Waals surface area contributed by atoms with E-state index in [1.807, 2.05) is 0 Å². The fourth-order valence-electron chi connectivity index (χ4n) is 1.03. The summed E-state index contributed by atoms with van der Waals surface area (Å²) < 4.78 is 25.1. The molecule has 0 atom stereocenters. The fourth-order valence-corrected chi connectivity index (χ4v) is 1.03. The number of aliphatic hydroxyl groups is 1. The van der Waals surface area contributed by atoms with Gasteiger partial charge in [0.25, 0.3) is 5.92 Å². The Balaban J connectivity index is 2.82. The first-order chi connectivity index (χ1) is 5.00. The summed E-state index contributed by atoms with van der Waals surface area (Å²) in [4.78, 5) is 0. The van der Waals surface area contributed by atoms with Gasteiger partial charge in [-0.05, 0) is 25.0 Å². The van der Waals surface area contributed by atoms with Crippen LogP contribution in [0.5, 0.6) is 0 Å². The molecule has 0 amide bonds. The second-order valence-electron chi connectivity index (χ2n) is 2.73. The minimum absolute atomic E-state index is 0.0116. The van der Waals surface area contributed by atoms with Crippen molar-refractivity contribution in [1.82, 2.24) is 0 Å². The SMILES string of the molecule is CC(F)(F)C1=CC(O)=CCC1. The minimum atomic E-state index is -2.79. The maximum Gasteiger partial charge on any atom is 0.267 e. The molecule has 1 aliphatic rings. The van der Waals surface area contributed by atoms with Crippen LogP contribution in [0, 0.1) is 0 Å². The number of hydrogen-bond acceptors (Lipinski definition) is 1. The maximum atomic E-state index is 12.6. The van der Waals surface area contributed by atoms with E-state index in [9.17, 15) is 8.78 Å². The van der Waals surface area contributed by atoms with Gasteiger partial charge in [-0.15, -0.1) is 0 Å². The van der Waals surface area contributed by atoms with E-state index < -0.39 is 5.92 Å². The normalized spacial score (nSPS) is 19.2. The predicted molar refractivity (Wildman–Crippen MR) is 38.6 cm³/mol. The van der Waals surface area contributed by atoms with Gasteiger partial charge in [-0.2, -0.15) is 0 Å². The summed E-state index contributed by atoms with van der Waals surface area (Å²) in [6.45, 7) is 0.845. The molecule has 1 N–H and O–H groups in total. The average molecular weight is 160 g/mol. The molecule has 3 heteroatoms. The summed E-state index contributed by atoms with van der Waals surface area (Å²) in [5, 5.41) is 8.89. The van der Waals surface area contributed by atoms with Gasteiger partial charge in [-0.25, -0.2) is 8.78 Å². The smallest absolute Gasteiger partial charge is 0.267 e. The van der Waals surface area contributed by atoms with Crippen LogP contribution in [0.4, 0.5) is 8.78 Å². The quantitative estimate of drug-likeness (QED) is 0.625. The van der Waals surface area contributed by atoms with Crippen molar-refractivity contribution in [3.8, 4) is 0 Å². The lowest BCUT2D eigenvalue weighted by Gasteiger charge is -2.16. The molecule has 0 radical (unpaired) electrons. The van der Waals surface area contributed by atoms with Crippen LogP contribution in [0.3, 0.4) is 0 Å². The van der Waals surface area contributed by atoms with Crippen LogP contribution in [-0.2, 0) is 0 Å². The molecule has 0 spiro atoms. The highest BCUT2D eigenvalue weighted by Crippen LogP contribution is 2.30. The molecule has 0 aromatic carbocycles. The number of alkyl halides is 2. The van der Waals surface area contributed by atoms with E-state index in [0.29, 0.717) is 12.8 Å². The molecule has 0 bridgehead atoms. The first kappa shape index (κ1) is 8.24. The van der Waals surface area contributed by atoms with Gasteiger partial charge in [-0.1, -0.05) is 0 Å². The molecule has 0 fully saturated rings. The average Bonchev–Trinajstić information content (AvgIpc) is 1.86. The molecule has 1 nitrogen and oxygen atoms in total. The molecule has 0 heterocycles. The van der Waals surface area contributed by atoms with Gasteiger partial charge < -0.3 is 5.11 Å². The third kappa shape index (κ3) is 2.03. The Labute approximate surface area is 64.0 Å². The van der Waals surface area contributed by atoms with E-state index in [2.05, 4.69) is 0 Å². The van der Waals surface area contributed by atoms with Crippen LogP contribution in [0.2, 0.25) is 0 Å². The number of halogens is 2. The van der Waals surface area contributed by atoms with E-state index in [1.54, 1.807) is 0 Å². The Kier molecular flexibility index (Phi) is 1.98. The summed E-state index contributed by atoms with van der Waals surface area (Å²) in [5.74, 6) is -2.84. The number of rotatable bonds is 1. The van der Waals surface area contributed by atoms with Crippen LogP contribution in [-0.4, -0.2) is 11.0 Å². The summed E-state index contributed by atoms with van der Waals surface area (Å²) in [6, 6.07) is 0. The summed E-state index contributed by atoms with van der Waals surface area (Å²) in [5.41, 5.74) is 0.0116. The van der Waals surface area contributed by atoms with Crippen molar-refractivity contribution >= 4 is 0 Å². The van der Waals surface area contributed by atoms with Crippen molar-refractivity contribution in [2.75, 3.05) is 0 Å². The standard InChI is InChI=1S/C8H10F2O/c1-8(9,10)6-3-2-4-7(11)5-6/h4-5,11H,2-3H2,1H3. The van der Waals surface area contributed by atoms with Gasteiger partial charge in [0.05, 0.1) is 0 Å². The molecule has 1 aliphatic carbocycles. The van der Waals surface area contributed by atoms with Gasteiger partial charge in [0.1, 0.15) is 5.76 Å². The zero-order valence-corrected chi connectivity index (χ0v) is 6.27. The Morgan fingerprint density at radius 2 is 2.18 bits per heavy atom. The zero-order valence-electron chi connectivity index (χ0n) is 6.27. The van der Waals surface area contributed by atoms with E-state index in [0.717, 1.165) is 13.0 Å². The first-order valence-corrected chi connectivity index (χ1v) is 3.48. The Hall–Kier alpha value is -0.860. The summed E-state index contributed by atoms with van der Waals surface area (Å²) in [6.07, 6.45) is 3.52. The predicted octanol–water partition coefficient (Wildman–Crippen LogP) is 2.80. The number of allylic oxidation sites excluding steroid dienone is 3. The van der Waals surface area contributed by atoms with Crippen molar-refractivity contribution in [1.29, 1.82) is 0 Å². The first-order valence-electron chi connectivity index (χ1n) is 3.48. The van der Waals surface area contributed by atoms with Gasteiger partial charge in [-0.3, -0.25) is 0 Å². The fraction of sp³-hybridized carbons (Fsp3) is 0.500. The molecule has 0 aromatic rings. The van der Waals surface area contributed by atoms with Crippen LogP contribution in [0.15, 0.2) is 23.5 Å². The van der Waals surface area contributed by atoms with Gasteiger partial charge in [0, 0.05) is 12.5 Å². The molecular weight excluding hydrogens is 150 g/mol. The van der Waals surface area contributed by atoms with Crippen LogP contribution < -0.4 is 0 Å². The van der Waals surface area contributed by atoms with E-state index in [-0.39, 0.29) is 11.3 Å². The minimum Gasteiger partial charge on any atom is -0.508 e. The third-order valence-corrected chi connectivity index (χ3v) is 1.65. The topological polar surface area (TPSA) is 20.2 Å². The van der Waals surface area contributed by atoms with E-state index >= 15 is 0 Å². The molecular formula is C8H10F2O. The van der Waals surface area contributed by atoms with E-state index in [1.165, 1.54) is 6.08 Å². The lowest BCUT2D eigenvalue weighted by molar-refractivity contribution is 0.0588. The zero-order chi connectivity index (χ0) is 8.48. The second-order valence-corrected chi connectivity index (χ2v) is 2.73. The molecule has 0 saturated heterocycles. The van der Waals surface area contributed by atoms with Crippen LogP contribution >= 0.6 is 0 Å². The van der Waals surface area contributed by atoms with Crippen molar-refractivity contribution in [2.24, 2.45) is 0 Å². The Morgan fingerprint density at radius 1 is 1.55 bits per heavy atom. The molecule has 0 aliphatic heterocycles. The second kappa shape index (κ2) is 2.64. The monoisotopic (exact) mass is 160 g/mol. The highest BCUT2D eigenvalue weighted by molar-refractivity contribution is 5.26. The maximum absolute atomic E-state index is 12.6. The summed E-state index contributed by atoms with van der Waals surface area (Å²) >= 11 is 0. The van der Waals surface area contributed by atoms with Crippen molar-refractivity contribution in [3.05, 3.63) is 23.5 Å². The van der Waals surface area contributed by atoms with Crippen molar-refractivity contribution < 1.29 is 13.9 Å². The highest BCUT2D eigenvalue weighted by atomic mass is 19.3. The molecule has 0 aromatic heterocycles. The molecule has 1 rings (SSSR count). The summed E-state index contributed by atoms with van der Waals surface area (Å²) in [7, 11) is 0.